The normalized spacial score (nSPS) is 23.3. The maximum atomic E-state index is 10.8. The molecule has 22 heavy (non-hydrogen) atoms. The lowest BCUT2D eigenvalue weighted by Crippen LogP contribution is -2.46. The van der Waals surface area contributed by atoms with Crippen molar-refractivity contribution in [2.24, 2.45) is 0 Å². The summed E-state index contributed by atoms with van der Waals surface area (Å²) < 4.78 is 5.21. The van der Waals surface area contributed by atoms with E-state index in [-0.39, 0.29) is 6.61 Å². The standard InChI is InChI=1S/C12H16O10/c1-7(13)18-17-6-11-12(22-20-9(3)15)10(4-5-16-11)21-19-8(2)14/h4-5,10-12H,6H2,1-3H3/t10-,11-,12+/m1/s1. The Hall–Kier alpha value is -2.17. The molecule has 0 unspecified atom stereocenters. The van der Waals surface area contributed by atoms with Crippen molar-refractivity contribution in [3.8, 4) is 0 Å². The van der Waals surface area contributed by atoms with E-state index in [4.69, 9.17) is 14.5 Å². The van der Waals surface area contributed by atoms with Gasteiger partial charge < -0.3 is 4.74 Å². The zero-order chi connectivity index (χ0) is 16.5. The summed E-state index contributed by atoms with van der Waals surface area (Å²) in [7, 11) is 0. The van der Waals surface area contributed by atoms with Crippen molar-refractivity contribution in [3.63, 3.8) is 0 Å². The summed E-state index contributed by atoms with van der Waals surface area (Å²) in [6.45, 7) is 3.19. The number of carbonyl (C=O) groups is 3. The molecule has 0 radical (unpaired) electrons. The molecule has 0 aromatic heterocycles. The number of carbonyl (C=O) groups excluding carboxylic acids is 3. The summed E-state index contributed by atoms with van der Waals surface area (Å²) in [4.78, 5) is 59.8. The minimum Gasteiger partial charge on any atom is -0.493 e. The van der Waals surface area contributed by atoms with Crippen molar-refractivity contribution in [3.05, 3.63) is 12.3 Å². The van der Waals surface area contributed by atoms with Crippen LogP contribution in [0.5, 0.6) is 0 Å². The Morgan fingerprint density at radius 3 is 2.14 bits per heavy atom. The molecule has 0 amide bonds. The second-order valence-corrected chi connectivity index (χ2v) is 4.13. The Morgan fingerprint density at radius 2 is 1.55 bits per heavy atom. The SMILES string of the molecule is CC(=O)OOC[C@H]1OC=C[C@@H](OOC(C)=O)[C@@H]1OOC(C)=O. The van der Waals surface area contributed by atoms with Gasteiger partial charge in [0.15, 0.2) is 18.3 Å². The van der Waals surface area contributed by atoms with E-state index in [0.29, 0.717) is 0 Å². The summed E-state index contributed by atoms with van der Waals surface area (Å²) in [5.74, 6) is -2.05. The van der Waals surface area contributed by atoms with Crippen molar-refractivity contribution in [2.45, 2.75) is 39.1 Å². The van der Waals surface area contributed by atoms with Crippen LogP contribution in [0.25, 0.3) is 0 Å². The number of hydrogen-bond acceptors (Lipinski definition) is 10. The van der Waals surface area contributed by atoms with Crippen LogP contribution in [-0.2, 0) is 48.4 Å². The second kappa shape index (κ2) is 8.97. The minimum atomic E-state index is -1.02. The average molecular weight is 320 g/mol. The van der Waals surface area contributed by atoms with Crippen molar-refractivity contribution >= 4 is 17.9 Å². The van der Waals surface area contributed by atoms with Gasteiger partial charge in [0.2, 0.25) is 0 Å². The van der Waals surface area contributed by atoms with Crippen molar-refractivity contribution in [2.75, 3.05) is 6.61 Å². The minimum absolute atomic E-state index is 0.240. The van der Waals surface area contributed by atoms with E-state index in [0.717, 1.165) is 20.8 Å². The molecule has 0 fully saturated rings. The molecule has 0 spiro atoms. The smallest absolute Gasteiger partial charge is 0.339 e. The molecule has 1 heterocycles. The predicted octanol–water partition coefficient (Wildman–Crippen LogP) is 0.120. The fourth-order valence-electron chi connectivity index (χ4n) is 1.39. The first-order chi connectivity index (χ1) is 10.4. The van der Waals surface area contributed by atoms with Gasteiger partial charge in [-0.2, -0.15) is 14.7 Å². The van der Waals surface area contributed by atoms with Crippen LogP contribution in [0.2, 0.25) is 0 Å². The van der Waals surface area contributed by atoms with Gasteiger partial charge in [-0.1, -0.05) is 0 Å². The Morgan fingerprint density at radius 1 is 0.955 bits per heavy atom. The Kier molecular flexibility index (Phi) is 7.29. The van der Waals surface area contributed by atoms with Gasteiger partial charge in [-0.15, -0.1) is 0 Å². The molecule has 10 heteroatoms. The van der Waals surface area contributed by atoms with E-state index in [1.54, 1.807) is 0 Å². The maximum absolute atomic E-state index is 10.8. The van der Waals surface area contributed by atoms with Crippen LogP contribution in [0.3, 0.4) is 0 Å². The first kappa shape index (κ1) is 17.9. The highest BCUT2D eigenvalue weighted by atomic mass is 17.2. The lowest BCUT2D eigenvalue weighted by molar-refractivity contribution is -0.373. The van der Waals surface area contributed by atoms with Crippen molar-refractivity contribution in [1.82, 2.24) is 0 Å². The Balaban J connectivity index is 2.66. The topological polar surface area (TPSA) is 116 Å². The Bertz CT molecular complexity index is 432. The van der Waals surface area contributed by atoms with E-state index in [9.17, 15) is 14.4 Å². The van der Waals surface area contributed by atoms with Crippen molar-refractivity contribution < 1.29 is 48.4 Å². The summed E-state index contributed by atoms with van der Waals surface area (Å²) in [6.07, 6.45) is -0.181. The lowest BCUT2D eigenvalue weighted by Gasteiger charge is -2.30. The first-order valence-corrected chi connectivity index (χ1v) is 6.20. The number of ether oxygens (including phenoxy) is 1. The highest BCUT2D eigenvalue weighted by Gasteiger charge is 2.38. The summed E-state index contributed by atoms with van der Waals surface area (Å²) >= 11 is 0. The van der Waals surface area contributed by atoms with Gasteiger partial charge in [-0.3, -0.25) is 14.7 Å². The molecule has 1 rings (SSSR count). The molecule has 0 saturated heterocycles. The molecule has 0 bridgehead atoms. The van der Waals surface area contributed by atoms with Crippen LogP contribution < -0.4 is 0 Å². The zero-order valence-corrected chi connectivity index (χ0v) is 12.2. The van der Waals surface area contributed by atoms with E-state index in [1.807, 2.05) is 0 Å². The van der Waals surface area contributed by atoms with E-state index >= 15 is 0 Å². The predicted molar refractivity (Wildman–Crippen MR) is 65.0 cm³/mol. The molecular weight excluding hydrogens is 304 g/mol. The van der Waals surface area contributed by atoms with E-state index in [1.165, 1.54) is 12.3 Å². The van der Waals surface area contributed by atoms with Crippen LogP contribution in [-0.4, -0.2) is 42.8 Å². The van der Waals surface area contributed by atoms with Crippen LogP contribution in [0.15, 0.2) is 12.3 Å². The molecule has 1 aliphatic heterocycles. The van der Waals surface area contributed by atoms with Gasteiger partial charge in [-0.25, -0.2) is 14.4 Å². The Labute approximate surface area is 125 Å². The van der Waals surface area contributed by atoms with Gasteiger partial charge in [-0.05, 0) is 6.08 Å². The summed E-state index contributed by atoms with van der Waals surface area (Å²) in [5, 5.41) is 0. The summed E-state index contributed by atoms with van der Waals surface area (Å²) in [6, 6.07) is 0. The van der Waals surface area contributed by atoms with Gasteiger partial charge in [0, 0.05) is 20.8 Å². The zero-order valence-electron chi connectivity index (χ0n) is 12.2. The highest BCUT2D eigenvalue weighted by Crippen LogP contribution is 2.20. The average Bonchev–Trinajstić information content (AvgIpc) is 2.43. The third-order valence-corrected chi connectivity index (χ3v) is 2.17. The lowest BCUT2D eigenvalue weighted by atomic mass is 10.1. The van der Waals surface area contributed by atoms with E-state index in [2.05, 4.69) is 19.6 Å². The van der Waals surface area contributed by atoms with Crippen LogP contribution in [0.1, 0.15) is 20.8 Å². The van der Waals surface area contributed by atoms with Gasteiger partial charge in [0.05, 0.1) is 6.26 Å². The molecule has 0 aromatic carbocycles. The monoisotopic (exact) mass is 320 g/mol. The largest absolute Gasteiger partial charge is 0.493 e. The highest BCUT2D eigenvalue weighted by molar-refractivity contribution is 5.65. The molecule has 0 N–H and O–H groups in total. The third-order valence-electron chi connectivity index (χ3n) is 2.17. The molecule has 1 aliphatic rings. The fraction of sp³-hybridized carbons (Fsp3) is 0.583. The van der Waals surface area contributed by atoms with Gasteiger partial charge in [0.25, 0.3) is 0 Å². The molecule has 0 saturated carbocycles. The van der Waals surface area contributed by atoms with Crippen molar-refractivity contribution in [1.29, 1.82) is 0 Å². The summed E-state index contributed by atoms with van der Waals surface area (Å²) in [5.41, 5.74) is 0. The first-order valence-electron chi connectivity index (χ1n) is 6.20. The second-order valence-electron chi connectivity index (χ2n) is 4.13. The molecule has 124 valence electrons. The van der Waals surface area contributed by atoms with Crippen LogP contribution in [0, 0.1) is 0 Å². The molecule has 0 aromatic rings. The molecule has 0 aliphatic carbocycles. The quantitative estimate of drug-likeness (QED) is 0.473. The molecule has 10 nitrogen and oxygen atoms in total. The van der Waals surface area contributed by atoms with Crippen LogP contribution >= 0.6 is 0 Å². The number of rotatable bonds is 7. The fourth-order valence-corrected chi connectivity index (χ4v) is 1.39. The molecular formula is C12H16O10. The molecule has 3 atom stereocenters. The van der Waals surface area contributed by atoms with Gasteiger partial charge in [0.1, 0.15) is 6.61 Å². The van der Waals surface area contributed by atoms with Crippen LogP contribution in [0.4, 0.5) is 0 Å². The van der Waals surface area contributed by atoms with E-state index < -0.39 is 36.2 Å². The maximum Gasteiger partial charge on any atom is 0.339 e. The van der Waals surface area contributed by atoms with Gasteiger partial charge >= 0.3 is 17.9 Å². The number of hydrogen-bond donors (Lipinski definition) is 0. The third kappa shape index (κ3) is 6.52.